The molecule has 6 nitrogen and oxygen atoms in total. The van der Waals surface area contributed by atoms with Crippen LogP contribution in [0.4, 0.5) is 0 Å². The molecule has 0 bridgehead atoms. The SMILES string of the molecule is CCN(C(=O)c1cccc(O)c1C)C1COCC1C(=O)O. The molecular formula is C15H19NO5. The molecule has 2 unspecified atom stereocenters. The number of benzene rings is 1. The highest BCUT2D eigenvalue weighted by atomic mass is 16.5. The largest absolute Gasteiger partial charge is 0.508 e. The van der Waals surface area contributed by atoms with E-state index < -0.39 is 17.9 Å². The molecule has 0 aromatic heterocycles. The average molecular weight is 293 g/mol. The van der Waals surface area contributed by atoms with E-state index in [1.807, 2.05) is 0 Å². The Balaban J connectivity index is 2.30. The molecule has 21 heavy (non-hydrogen) atoms. The molecule has 0 spiro atoms. The fourth-order valence-corrected chi connectivity index (χ4v) is 2.62. The molecule has 1 fully saturated rings. The van der Waals surface area contributed by atoms with Gasteiger partial charge in [0.05, 0.1) is 19.3 Å². The van der Waals surface area contributed by atoms with Crippen LogP contribution in [-0.2, 0) is 9.53 Å². The Bertz CT molecular complexity index is 557. The van der Waals surface area contributed by atoms with E-state index in [0.717, 1.165) is 0 Å². The molecule has 0 aliphatic carbocycles. The highest BCUT2D eigenvalue weighted by Gasteiger charge is 2.39. The number of hydrogen-bond acceptors (Lipinski definition) is 4. The number of hydrogen-bond donors (Lipinski definition) is 2. The van der Waals surface area contributed by atoms with Crippen molar-refractivity contribution in [3.63, 3.8) is 0 Å². The van der Waals surface area contributed by atoms with Crippen molar-refractivity contribution in [1.29, 1.82) is 0 Å². The minimum absolute atomic E-state index is 0.0503. The summed E-state index contributed by atoms with van der Waals surface area (Å²) in [5, 5.41) is 18.9. The van der Waals surface area contributed by atoms with Crippen molar-refractivity contribution in [3.05, 3.63) is 29.3 Å². The van der Waals surface area contributed by atoms with Crippen LogP contribution in [0.3, 0.4) is 0 Å². The predicted molar refractivity (Wildman–Crippen MR) is 75.3 cm³/mol. The molecule has 1 aliphatic rings. The molecule has 1 aromatic carbocycles. The van der Waals surface area contributed by atoms with E-state index in [1.165, 1.54) is 11.0 Å². The summed E-state index contributed by atoms with van der Waals surface area (Å²) >= 11 is 0. The number of rotatable bonds is 4. The molecule has 2 atom stereocenters. The van der Waals surface area contributed by atoms with Gasteiger partial charge in [-0.25, -0.2) is 0 Å². The predicted octanol–water partition coefficient (Wildman–Crippen LogP) is 1.26. The lowest BCUT2D eigenvalue weighted by molar-refractivity contribution is -0.142. The number of ether oxygens (including phenoxy) is 1. The number of nitrogens with zero attached hydrogens (tertiary/aromatic N) is 1. The Labute approximate surface area is 122 Å². The van der Waals surface area contributed by atoms with Crippen molar-refractivity contribution in [1.82, 2.24) is 4.90 Å². The average Bonchev–Trinajstić information content (AvgIpc) is 2.92. The molecule has 0 saturated carbocycles. The first-order valence-corrected chi connectivity index (χ1v) is 6.87. The standard InChI is InChI=1S/C15H19NO5/c1-3-16(12-8-21-7-11(12)15(19)20)14(18)10-5-4-6-13(17)9(10)2/h4-6,11-12,17H,3,7-8H2,1-2H3,(H,19,20). The molecule has 1 amide bonds. The number of phenols is 1. The minimum atomic E-state index is -0.962. The Hall–Kier alpha value is -2.08. The molecule has 2 rings (SSSR count). The molecule has 0 radical (unpaired) electrons. The van der Waals surface area contributed by atoms with Gasteiger partial charge in [0.15, 0.2) is 0 Å². The second kappa shape index (κ2) is 6.13. The summed E-state index contributed by atoms with van der Waals surface area (Å²) in [5.41, 5.74) is 0.875. The lowest BCUT2D eigenvalue weighted by Gasteiger charge is -2.30. The van der Waals surface area contributed by atoms with E-state index in [4.69, 9.17) is 4.74 Å². The van der Waals surface area contributed by atoms with Gasteiger partial charge in [-0.05, 0) is 26.0 Å². The number of carbonyl (C=O) groups is 2. The van der Waals surface area contributed by atoms with Gasteiger partial charge in [-0.1, -0.05) is 6.07 Å². The summed E-state index contributed by atoms with van der Waals surface area (Å²) in [5.74, 6) is -1.91. The van der Waals surface area contributed by atoms with Gasteiger partial charge in [-0.15, -0.1) is 0 Å². The van der Waals surface area contributed by atoms with Crippen LogP contribution in [0.2, 0.25) is 0 Å². The number of carbonyl (C=O) groups excluding carboxylic acids is 1. The van der Waals surface area contributed by atoms with E-state index in [0.29, 0.717) is 17.7 Å². The number of carboxylic acids is 1. The zero-order chi connectivity index (χ0) is 15.6. The third-order valence-corrected chi connectivity index (χ3v) is 3.91. The van der Waals surface area contributed by atoms with Gasteiger partial charge in [0, 0.05) is 17.7 Å². The highest BCUT2D eigenvalue weighted by molar-refractivity contribution is 5.96. The van der Waals surface area contributed by atoms with Crippen molar-refractivity contribution < 1.29 is 24.5 Å². The summed E-state index contributed by atoms with van der Waals surface area (Å²) in [7, 11) is 0. The van der Waals surface area contributed by atoms with Gasteiger partial charge in [0.2, 0.25) is 0 Å². The lowest BCUT2D eigenvalue weighted by Crippen LogP contribution is -2.46. The van der Waals surface area contributed by atoms with Crippen LogP contribution in [-0.4, -0.2) is 52.8 Å². The zero-order valence-electron chi connectivity index (χ0n) is 12.1. The number of likely N-dealkylation sites (N-methyl/N-ethyl adjacent to an activating group) is 1. The number of aromatic hydroxyl groups is 1. The fourth-order valence-electron chi connectivity index (χ4n) is 2.62. The Morgan fingerprint density at radius 1 is 1.38 bits per heavy atom. The summed E-state index contributed by atoms with van der Waals surface area (Å²) in [6.45, 7) is 4.17. The Kier molecular flexibility index (Phi) is 4.47. The maximum Gasteiger partial charge on any atom is 0.311 e. The first-order valence-electron chi connectivity index (χ1n) is 6.87. The summed E-state index contributed by atoms with van der Waals surface area (Å²) in [6.07, 6.45) is 0. The second-order valence-corrected chi connectivity index (χ2v) is 5.09. The van der Waals surface area contributed by atoms with Crippen molar-refractivity contribution in [2.24, 2.45) is 5.92 Å². The zero-order valence-corrected chi connectivity index (χ0v) is 12.1. The smallest absolute Gasteiger partial charge is 0.311 e. The normalized spacial score (nSPS) is 21.2. The number of amides is 1. The Morgan fingerprint density at radius 3 is 2.71 bits per heavy atom. The van der Waals surface area contributed by atoms with E-state index in [-0.39, 0.29) is 24.9 Å². The molecule has 114 valence electrons. The number of carboxylic acid groups (broad SMARTS) is 1. The third-order valence-electron chi connectivity index (χ3n) is 3.91. The summed E-state index contributed by atoms with van der Waals surface area (Å²) in [6, 6.07) is 4.26. The van der Waals surface area contributed by atoms with Crippen LogP contribution >= 0.6 is 0 Å². The quantitative estimate of drug-likeness (QED) is 0.872. The molecule has 1 saturated heterocycles. The summed E-state index contributed by atoms with van der Waals surface area (Å²) < 4.78 is 5.23. The van der Waals surface area contributed by atoms with Crippen molar-refractivity contribution in [3.8, 4) is 5.75 Å². The van der Waals surface area contributed by atoms with Crippen molar-refractivity contribution >= 4 is 11.9 Å². The van der Waals surface area contributed by atoms with Crippen LogP contribution in [0.25, 0.3) is 0 Å². The number of aliphatic carboxylic acids is 1. The van der Waals surface area contributed by atoms with Crippen molar-refractivity contribution in [2.45, 2.75) is 19.9 Å². The highest BCUT2D eigenvalue weighted by Crippen LogP contribution is 2.25. The maximum absolute atomic E-state index is 12.7. The first kappa shape index (κ1) is 15.3. The van der Waals surface area contributed by atoms with Gasteiger partial charge in [0.25, 0.3) is 5.91 Å². The van der Waals surface area contributed by atoms with Crippen LogP contribution < -0.4 is 0 Å². The molecule has 1 heterocycles. The van der Waals surface area contributed by atoms with Gasteiger partial charge in [-0.3, -0.25) is 9.59 Å². The van der Waals surface area contributed by atoms with Crippen LogP contribution in [0, 0.1) is 12.8 Å². The van der Waals surface area contributed by atoms with Crippen LogP contribution in [0.5, 0.6) is 5.75 Å². The topological polar surface area (TPSA) is 87.1 Å². The molecule has 6 heteroatoms. The molecule has 2 N–H and O–H groups in total. The molecular weight excluding hydrogens is 274 g/mol. The maximum atomic E-state index is 12.7. The number of phenolic OH excluding ortho intramolecular Hbond substituents is 1. The Morgan fingerprint density at radius 2 is 2.10 bits per heavy atom. The minimum Gasteiger partial charge on any atom is -0.508 e. The fraction of sp³-hybridized carbons (Fsp3) is 0.467. The van der Waals surface area contributed by atoms with Crippen LogP contribution in [0.1, 0.15) is 22.8 Å². The van der Waals surface area contributed by atoms with E-state index in [9.17, 15) is 19.8 Å². The van der Waals surface area contributed by atoms with Crippen LogP contribution in [0.15, 0.2) is 18.2 Å². The first-order chi connectivity index (χ1) is 9.97. The van der Waals surface area contributed by atoms with E-state index >= 15 is 0 Å². The molecule has 1 aromatic rings. The van der Waals surface area contributed by atoms with Gasteiger partial charge < -0.3 is 19.8 Å². The molecule has 1 aliphatic heterocycles. The lowest BCUT2D eigenvalue weighted by atomic mass is 10.00. The van der Waals surface area contributed by atoms with Gasteiger partial charge in [0.1, 0.15) is 11.7 Å². The van der Waals surface area contributed by atoms with Crippen molar-refractivity contribution in [2.75, 3.05) is 19.8 Å². The summed E-state index contributed by atoms with van der Waals surface area (Å²) in [4.78, 5) is 25.4. The second-order valence-electron chi connectivity index (χ2n) is 5.09. The van der Waals surface area contributed by atoms with E-state index in [2.05, 4.69) is 0 Å². The monoisotopic (exact) mass is 293 g/mol. The third kappa shape index (κ3) is 2.85. The van der Waals surface area contributed by atoms with Gasteiger partial charge >= 0.3 is 5.97 Å². The van der Waals surface area contributed by atoms with Gasteiger partial charge in [-0.2, -0.15) is 0 Å². The van der Waals surface area contributed by atoms with E-state index in [1.54, 1.807) is 26.0 Å².